The molecular weight excluding hydrogens is 428 g/mol. The van der Waals surface area contributed by atoms with E-state index in [2.05, 4.69) is 91.2 Å². The lowest BCUT2D eigenvalue weighted by molar-refractivity contribution is -0.0164. The van der Waals surface area contributed by atoms with Crippen LogP contribution >= 0.6 is 0 Å². The molecule has 2 fully saturated rings. The van der Waals surface area contributed by atoms with E-state index in [1.807, 2.05) is 0 Å². The molecule has 0 aromatic carbocycles. The Morgan fingerprint density at radius 2 is 1.37 bits per heavy atom. The minimum Gasteiger partial charge on any atom is -0.298 e. The third kappa shape index (κ3) is 7.23. The summed E-state index contributed by atoms with van der Waals surface area (Å²) in [4.78, 5) is 5.21. The Labute approximate surface area is 218 Å². The van der Waals surface area contributed by atoms with Crippen LogP contribution in [0.1, 0.15) is 127 Å². The molecule has 1 saturated carbocycles. The van der Waals surface area contributed by atoms with Gasteiger partial charge in [0.1, 0.15) is 0 Å². The highest BCUT2D eigenvalue weighted by molar-refractivity contribution is 5.11. The average molecular weight is 485 g/mol. The predicted octanol–water partition coefficient (Wildman–Crippen LogP) is 7.80. The van der Waals surface area contributed by atoms with Crippen molar-refractivity contribution in [2.45, 2.75) is 144 Å². The number of likely N-dealkylation sites (tertiary alicyclic amines) is 1. The van der Waals surface area contributed by atoms with Gasteiger partial charge in [-0.05, 0) is 103 Å². The summed E-state index contributed by atoms with van der Waals surface area (Å²) in [6.07, 6.45) is 9.70. The van der Waals surface area contributed by atoms with E-state index < -0.39 is 0 Å². The highest BCUT2D eigenvalue weighted by Crippen LogP contribution is 2.51. The van der Waals surface area contributed by atoms with Crippen molar-refractivity contribution in [3.63, 3.8) is 0 Å². The largest absolute Gasteiger partial charge is 0.298 e. The van der Waals surface area contributed by atoms with Crippen molar-refractivity contribution < 1.29 is 0 Å². The summed E-state index contributed by atoms with van der Waals surface area (Å²) >= 11 is 0. The standard InChI is InChI=1S/C31H56N4/c1-27(2,3)25-12-14-26(15-13-25)35(21-11-20-32)30(9,10)17-16-29(7,8)31(24-33)18-22-34(23-19-31)28(4,5)6/h25-26H,11-19,21-23H2,1-10H3. The zero-order valence-electron chi connectivity index (χ0n) is 24.9. The lowest BCUT2D eigenvalue weighted by atomic mass is 9.58. The minimum absolute atomic E-state index is 0.0239. The molecule has 0 aromatic rings. The zero-order chi connectivity index (χ0) is 26.7. The van der Waals surface area contributed by atoms with Gasteiger partial charge in [0.05, 0.1) is 17.6 Å². The van der Waals surface area contributed by atoms with Crippen LogP contribution in [0.15, 0.2) is 0 Å². The van der Waals surface area contributed by atoms with Gasteiger partial charge in [-0.25, -0.2) is 0 Å². The molecule has 2 rings (SSSR count). The van der Waals surface area contributed by atoms with E-state index in [-0.39, 0.29) is 21.9 Å². The van der Waals surface area contributed by atoms with Gasteiger partial charge in [-0.1, -0.05) is 34.6 Å². The van der Waals surface area contributed by atoms with Crippen LogP contribution in [0.3, 0.4) is 0 Å². The first-order valence-corrected chi connectivity index (χ1v) is 14.3. The Morgan fingerprint density at radius 1 is 0.829 bits per heavy atom. The summed E-state index contributed by atoms with van der Waals surface area (Å²) in [5, 5.41) is 19.8. The van der Waals surface area contributed by atoms with Crippen LogP contribution in [0.25, 0.3) is 0 Å². The lowest BCUT2D eigenvalue weighted by Gasteiger charge is -2.52. The van der Waals surface area contributed by atoms with Crippen LogP contribution in [0.5, 0.6) is 0 Å². The summed E-state index contributed by atoms with van der Waals surface area (Å²) in [6, 6.07) is 5.81. The number of piperidine rings is 1. The highest BCUT2D eigenvalue weighted by atomic mass is 15.2. The van der Waals surface area contributed by atoms with Crippen LogP contribution in [0.4, 0.5) is 0 Å². The van der Waals surface area contributed by atoms with Gasteiger partial charge >= 0.3 is 0 Å². The van der Waals surface area contributed by atoms with Gasteiger partial charge in [-0.15, -0.1) is 0 Å². The molecule has 0 N–H and O–H groups in total. The van der Waals surface area contributed by atoms with E-state index in [4.69, 9.17) is 0 Å². The maximum absolute atomic E-state index is 10.4. The van der Waals surface area contributed by atoms with E-state index in [1.165, 1.54) is 25.7 Å². The Hall–Kier alpha value is -1.10. The Balaban J connectivity index is 2.11. The van der Waals surface area contributed by atoms with E-state index in [0.717, 1.165) is 51.2 Å². The van der Waals surface area contributed by atoms with Gasteiger partial charge in [-0.2, -0.15) is 10.5 Å². The summed E-state index contributed by atoms with van der Waals surface area (Å²) < 4.78 is 0. The number of hydrogen-bond donors (Lipinski definition) is 0. The van der Waals surface area contributed by atoms with Crippen molar-refractivity contribution in [2.75, 3.05) is 19.6 Å². The molecule has 0 radical (unpaired) electrons. The normalized spacial score (nSPS) is 24.7. The predicted molar refractivity (Wildman–Crippen MR) is 148 cm³/mol. The molecule has 0 spiro atoms. The van der Waals surface area contributed by atoms with Gasteiger partial charge in [0.15, 0.2) is 0 Å². The van der Waals surface area contributed by atoms with Gasteiger partial charge in [-0.3, -0.25) is 9.80 Å². The first-order valence-electron chi connectivity index (χ1n) is 14.3. The zero-order valence-corrected chi connectivity index (χ0v) is 24.9. The monoisotopic (exact) mass is 484 g/mol. The smallest absolute Gasteiger partial charge is 0.0696 e. The van der Waals surface area contributed by atoms with Gasteiger partial charge in [0.25, 0.3) is 0 Å². The maximum Gasteiger partial charge on any atom is 0.0696 e. The second-order valence-corrected chi connectivity index (χ2v) is 15.0. The van der Waals surface area contributed by atoms with E-state index in [0.29, 0.717) is 17.9 Å². The number of rotatable bonds is 8. The maximum atomic E-state index is 10.4. The van der Waals surface area contributed by atoms with Gasteiger partial charge in [0, 0.05) is 43.2 Å². The van der Waals surface area contributed by atoms with E-state index in [1.54, 1.807) is 0 Å². The molecule has 1 saturated heterocycles. The molecule has 35 heavy (non-hydrogen) atoms. The topological polar surface area (TPSA) is 54.1 Å². The molecule has 0 bridgehead atoms. The average Bonchev–Trinajstić information content (AvgIpc) is 2.77. The van der Waals surface area contributed by atoms with Crippen molar-refractivity contribution in [1.29, 1.82) is 10.5 Å². The number of hydrogen-bond acceptors (Lipinski definition) is 4. The van der Waals surface area contributed by atoms with Crippen molar-refractivity contribution in [1.82, 2.24) is 9.80 Å². The van der Waals surface area contributed by atoms with Gasteiger partial charge in [0.2, 0.25) is 0 Å². The quantitative estimate of drug-likeness (QED) is 0.353. The van der Waals surface area contributed by atoms with Crippen LogP contribution in [0.2, 0.25) is 0 Å². The third-order valence-corrected chi connectivity index (χ3v) is 10.0. The van der Waals surface area contributed by atoms with E-state index in [9.17, 15) is 10.5 Å². The second kappa shape index (κ2) is 11.1. The molecular formula is C31H56N4. The Morgan fingerprint density at radius 3 is 1.80 bits per heavy atom. The van der Waals surface area contributed by atoms with Crippen LogP contribution in [-0.4, -0.2) is 46.6 Å². The first kappa shape index (κ1) is 30.1. The minimum atomic E-state index is -0.257. The fourth-order valence-electron chi connectivity index (χ4n) is 6.90. The van der Waals surface area contributed by atoms with Crippen molar-refractivity contribution >= 4 is 0 Å². The first-order chi connectivity index (χ1) is 16.0. The van der Waals surface area contributed by atoms with Crippen LogP contribution in [-0.2, 0) is 0 Å². The summed E-state index contributed by atoms with van der Waals surface area (Å²) in [7, 11) is 0. The third-order valence-electron chi connectivity index (χ3n) is 10.0. The molecule has 1 aliphatic heterocycles. The lowest BCUT2D eigenvalue weighted by Crippen LogP contribution is -2.54. The SMILES string of the molecule is CC(C)(C)C1CCC(N(CCC#N)C(C)(C)CCC(C)(C)C2(C#N)CCN(C(C)(C)C)CC2)CC1. The summed E-state index contributed by atoms with van der Waals surface area (Å²) in [5.41, 5.74) is 0.286. The molecule has 4 nitrogen and oxygen atoms in total. The highest BCUT2D eigenvalue weighted by Gasteiger charge is 2.49. The molecule has 0 aromatic heterocycles. The van der Waals surface area contributed by atoms with Crippen molar-refractivity contribution in [2.24, 2.45) is 22.2 Å². The molecule has 200 valence electrons. The molecule has 2 aliphatic rings. The van der Waals surface area contributed by atoms with Crippen molar-refractivity contribution in [3.05, 3.63) is 0 Å². The van der Waals surface area contributed by atoms with Crippen LogP contribution in [0, 0.1) is 44.8 Å². The van der Waals surface area contributed by atoms with Gasteiger partial charge < -0.3 is 0 Å². The summed E-state index contributed by atoms with van der Waals surface area (Å²) in [6.45, 7) is 26.3. The number of nitriles is 2. The Bertz CT molecular complexity index is 752. The van der Waals surface area contributed by atoms with E-state index >= 15 is 0 Å². The molecule has 0 amide bonds. The molecule has 0 unspecified atom stereocenters. The summed E-state index contributed by atoms with van der Waals surface area (Å²) in [5.74, 6) is 0.799. The Kier molecular flexibility index (Phi) is 9.56. The molecule has 0 atom stereocenters. The van der Waals surface area contributed by atoms with Crippen molar-refractivity contribution in [3.8, 4) is 12.1 Å². The van der Waals surface area contributed by atoms with Crippen LogP contribution < -0.4 is 0 Å². The molecule has 1 heterocycles. The fraction of sp³-hybridized carbons (Fsp3) is 0.935. The second-order valence-electron chi connectivity index (χ2n) is 15.0. The molecule has 4 heteroatoms. The number of nitrogens with zero attached hydrogens (tertiary/aromatic N) is 4. The molecule has 1 aliphatic carbocycles. The fourth-order valence-corrected chi connectivity index (χ4v) is 6.90.